The van der Waals surface area contributed by atoms with Gasteiger partial charge < -0.3 is 5.11 Å². The molecule has 0 aromatic heterocycles. The minimum absolute atomic E-state index is 0.0312. The lowest BCUT2D eigenvalue weighted by Gasteiger charge is -2.55. The van der Waals surface area contributed by atoms with Gasteiger partial charge in [-0.1, -0.05) is 126 Å². The number of carbonyl (C=O) groups is 4. The van der Waals surface area contributed by atoms with Gasteiger partial charge in [0.2, 0.25) is 11.8 Å². The van der Waals surface area contributed by atoms with Crippen LogP contribution in [-0.4, -0.2) is 28.5 Å². The number of hydrogen-bond acceptors (Lipinski definition) is 5. The van der Waals surface area contributed by atoms with Gasteiger partial charge in [0.25, 0.3) is 0 Å². The highest BCUT2D eigenvalue weighted by molar-refractivity contribution is 6.33. The summed E-state index contributed by atoms with van der Waals surface area (Å²) < 4.78 is 0. The van der Waals surface area contributed by atoms with E-state index in [-0.39, 0.29) is 42.0 Å². The van der Waals surface area contributed by atoms with Crippen molar-refractivity contribution in [1.82, 2.24) is 0 Å². The molecule has 256 valence electrons. The van der Waals surface area contributed by atoms with Crippen LogP contribution in [0.3, 0.4) is 0 Å². The van der Waals surface area contributed by atoms with Crippen LogP contribution in [0.15, 0.2) is 133 Å². The Hall–Kier alpha value is -5.59. The molecule has 9 rings (SSSR count). The van der Waals surface area contributed by atoms with Gasteiger partial charge in [0, 0.05) is 33.4 Å². The van der Waals surface area contributed by atoms with E-state index in [2.05, 4.69) is 0 Å². The number of nitrogens with zero attached hydrogens (tertiary/aromatic N) is 1. The molecule has 3 aliphatic carbocycles. The van der Waals surface area contributed by atoms with Gasteiger partial charge in [-0.2, -0.15) is 0 Å². The second-order valence-corrected chi connectivity index (χ2v) is 14.9. The molecule has 5 aromatic rings. The number of carbonyl (C=O) groups excluding carboxylic acids is 4. The molecular formula is C45H34ClNO5. The molecule has 6 atom stereocenters. The Bertz CT molecular complexity index is 2420. The maximum Gasteiger partial charge on any atom is 0.238 e. The van der Waals surface area contributed by atoms with Crippen LogP contribution in [0.4, 0.5) is 5.69 Å². The number of ketones is 2. The zero-order valence-corrected chi connectivity index (χ0v) is 29.1. The number of rotatable bonds is 4. The summed E-state index contributed by atoms with van der Waals surface area (Å²) in [5.74, 6) is -4.69. The summed E-state index contributed by atoms with van der Waals surface area (Å²) >= 11 is 6.48. The molecule has 7 heteroatoms. The SMILES string of the molecule is Cc1ccc(N2C(=O)[C@H]3[C@H](CC=C4[C@H]3C[C@H]3C(=O)C(c5ccccc5)=CC(=O)[C@@]3(c3ccccc3)[C@H]4c3ccc4ccccc4c3O)C2=O)cc1Cl. The van der Waals surface area contributed by atoms with Crippen molar-refractivity contribution in [1.29, 1.82) is 0 Å². The molecule has 0 unspecified atom stereocenters. The van der Waals surface area contributed by atoms with Gasteiger partial charge >= 0.3 is 0 Å². The molecule has 0 spiro atoms. The molecule has 1 N–H and O–H groups in total. The lowest BCUT2D eigenvalue weighted by Crippen LogP contribution is -2.58. The van der Waals surface area contributed by atoms with Gasteiger partial charge in [-0.05, 0) is 66.0 Å². The van der Waals surface area contributed by atoms with E-state index < -0.39 is 35.0 Å². The van der Waals surface area contributed by atoms with Gasteiger partial charge in [-0.25, -0.2) is 4.90 Å². The number of fused-ring (bicyclic) bond motifs is 5. The molecule has 1 aliphatic heterocycles. The molecule has 1 saturated carbocycles. The van der Waals surface area contributed by atoms with Crippen LogP contribution in [0.5, 0.6) is 5.75 Å². The van der Waals surface area contributed by atoms with Crippen LogP contribution >= 0.6 is 11.6 Å². The van der Waals surface area contributed by atoms with Gasteiger partial charge in [-0.15, -0.1) is 0 Å². The van der Waals surface area contributed by atoms with E-state index in [0.29, 0.717) is 38.4 Å². The molecule has 1 heterocycles. The summed E-state index contributed by atoms with van der Waals surface area (Å²) in [6.07, 6.45) is 3.97. The van der Waals surface area contributed by atoms with E-state index in [0.717, 1.165) is 16.5 Å². The van der Waals surface area contributed by atoms with Crippen LogP contribution < -0.4 is 4.90 Å². The highest BCUT2D eigenvalue weighted by Gasteiger charge is 2.66. The lowest BCUT2D eigenvalue weighted by atomic mass is 9.44. The molecule has 2 fully saturated rings. The number of amides is 2. The summed E-state index contributed by atoms with van der Waals surface area (Å²) in [6, 6.07) is 35.1. The van der Waals surface area contributed by atoms with Crippen molar-refractivity contribution in [3.05, 3.63) is 160 Å². The number of Topliss-reactive ketones (excluding diaryl/α,β-unsaturated/α-hetero) is 1. The minimum atomic E-state index is -1.43. The molecular weight excluding hydrogens is 670 g/mol. The number of imide groups is 1. The first-order valence-electron chi connectivity index (χ1n) is 17.7. The molecule has 0 radical (unpaired) electrons. The van der Waals surface area contributed by atoms with E-state index in [1.807, 2.05) is 110 Å². The van der Waals surface area contributed by atoms with Gasteiger partial charge in [0.15, 0.2) is 11.6 Å². The van der Waals surface area contributed by atoms with Crippen molar-refractivity contribution in [3.63, 3.8) is 0 Å². The Morgan fingerprint density at radius 3 is 2.25 bits per heavy atom. The second kappa shape index (κ2) is 12.0. The predicted octanol–water partition coefficient (Wildman–Crippen LogP) is 8.54. The number of phenols is 1. The van der Waals surface area contributed by atoms with Crippen LogP contribution in [0.2, 0.25) is 5.02 Å². The molecule has 2 amide bonds. The maximum absolute atomic E-state index is 15.3. The zero-order valence-electron chi connectivity index (χ0n) is 28.3. The number of anilines is 1. The highest BCUT2D eigenvalue weighted by atomic mass is 35.5. The van der Waals surface area contributed by atoms with E-state index >= 15 is 9.59 Å². The smallest absolute Gasteiger partial charge is 0.238 e. The van der Waals surface area contributed by atoms with Gasteiger partial charge in [0.1, 0.15) is 5.75 Å². The fourth-order valence-corrected chi connectivity index (χ4v) is 9.87. The topological polar surface area (TPSA) is 91.8 Å². The summed E-state index contributed by atoms with van der Waals surface area (Å²) in [5, 5.41) is 14.1. The summed E-state index contributed by atoms with van der Waals surface area (Å²) in [7, 11) is 0. The van der Waals surface area contributed by atoms with E-state index in [4.69, 9.17) is 11.6 Å². The molecule has 1 saturated heterocycles. The first-order chi connectivity index (χ1) is 25.2. The molecule has 0 bridgehead atoms. The lowest BCUT2D eigenvalue weighted by molar-refractivity contribution is -0.135. The Morgan fingerprint density at radius 1 is 0.788 bits per heavy atom. The molecule has 5 aromatic carbocycles. The van der Waals surface area contributed by atoms with Crippen LogP contribution in [-0.2, 0) is 24.6 Å². The monoisotopic (exact) mass is 703 g/mol. The van der Waals surface area contributed by atoms with Crippen LogP contribution in [0.1, 0.15) is 41.0 Å². The standard InChI is InChI=1S/C45H34ClNO5/c1-25-16-18-29(22-37(25)46)47-43(51)32-21-20-31-35(39(32)44(47)52)23-36-42(50)34(26-10-4-2-5-11-26)24-38(48)45(36,28-13-6-3-7-14-28)40(31)33-19-17-27-12-8-9-15-30(27)41(33)49/h2-20,22,24,32,35-36,39-40,49H,21,23H2,1H3/t32-,35+,36-,39-,40+,45-/m0/s1. The first kappa shape index (κ1) is 32.3. The number of phenolic OH excluding ortho intramolecular Hbond substituents is 1. The maximum atomic E-state index is 15.3. The summed E-state index contributed by atoms with van der Waals surface area (Å²) in [5.41, 5.74) is 2.77. The number of benzene rings is 5. The first-order valence-corrected chi connectivity index (χ1v) is 18.1. The normalized spacial score (nSPS) is 26.8. The highest BCUT2D eigenvalue weighted by Crippen LogP contribution is 2.64. The van der Waals surface area contributed by atoms with Crippen molar-refractivity contribution in [2.24, 2.45) is 23.7 Å². The third kappa shape index (κ3) is 4.50. The summed E-state index contributed by atoms with van der Waals surface area (Å²) in [6.45, 7) is 1.86. The van der Waals surface area contributed by atoms with E-state index in [1.54, 1.807) is 18.2 Å². The number of aryl methyl sites for hydroxylation is 1. The minimum Gasteiger partial charge on any atom is -0.507 e. The van der Waals surface area contributed by atoms with Crippen LogP contribution in [0.25, 0.3) is 16.3 Å². The average Bonchev–Trinajstić information content (AvgIpc) is 3.43. The fraction of sp³-hybridized carbons (Fsp3) is 0.200. The van der Waals surface area contributed by atoms with Crippen molar-refractivity contribution >= 4 is 57.0 Å². The van der Waals surface area contributed by atoms with Gasteiger partial charge in [0.05, 0.1) is 22.9 Å². The van der Waals surface area contributed by atoms with Crippen LogP contribution in [0, 0.1) is 30.6 Å². The number of hydrogen-bond donors (Lipinski definition) is 1. The number of allylic oxidation sites excluding steroid dienone is 4. The zero-order chi connectivity index (χ0) is 35.9. The third-order valence-corrected chi connectivity index (χ3v) is 12.4. The number of aromatic hydroxyl groups is 1. The van der Waals surface area contributed by atoms with Crippen molar-refractivity contribution < 1.29 is 24.3 Å². The van der Waals surface area contributed by atoms with Gasteiger partial charge in [-0.3, -0.25) is 19.2 Å². The predicted molar refractivity (Wildman–Crippen MR) is 201 cm³/mol. The van der Waals surface area contributed by atoms with E-state index in [1.165, 1.54) is 11.0 Å². The van der Waals surface area contributed by atoms with E-state index in [9.17, 15) is 14.7 Å². The Kier molecular flexibility index (Phi) is 7.46. The molecule has 52 heavy (non-hydrogen) atoms. The second-order valence-electron chi connectivity index (χ2n) is 14.5. The number of halogens is 1. The third-order valence-electron chi connectivity index (χ3n) is 12.0. The van der Waals surface area contributed by atoms with Crippen molar-refractivity contribution in [2.75, 3.05) is 4.90 Å². The average molecular weight is 704 g/mol. The Labute approximate surface area is 306 Å². The quantitative estimate of drug-likeness (QED) is 0.150. The fourth-order valence-electron chi connectivity index (χ4n) is 9.70. The largest absolute Gasteiger partial charge is 0.507 e. The van der Waals surface area contributed by atoms with Crippen molar-refractivity contribution in [3.8, 4) is 5.75 Å². The molecule has 6 nitrogen and oxygen atoms in total. The Morgan fingerprint density at radius 2 is 1.50 bits per heavy atom. The van der Waals surface area contributed by atoms with Crippen molar-refractivity contribution in [2.45, 2.75) is 31.1 Å². The Balaban J connectivity index is 1.29. The molecule has 4 aliphatic rings. The summed E-state index contributed by atoms with van der Waals surface area (Å²) in [4.78, 5) is 60.5.